The predicted octanol–water partition coefficient (Wildman–Crippen LogP) is 0.713. The Hall–Kier alpha value is -1.75. The summed E-state index contributed by atoms with van der Waals surface area (Å²) >= 11 is 0. The van der Waals surface area contributed by atoms with E-state index < -0.39 is 0 Å². The van der Waals surface area contributed by atoms with Crippen molar-refractivity contribution in [2.24, 2.45) is 0 Å². The second kappa shape index (κ2) is 5.05. The molecule has 0 bridgehead atoms. The fraction of sp³-hybridized carbons (Fsp3) is 0.417. The lowest BCUT2D eigenvalue weighted by molar-refractivity contribution is 0.0742. The van der Waals surface area contributed by atoms with E-state index in [1.54, 1.807) is 23.1 Å². The van der Waals surface area contributed by atoms with E-state index in [9.17, 15) is 4.79 Å². The number of carbonyl (C=O) groups excluding carboxylic acids is 1. The van der Waals surface area contributed by atoms with Crippen molar-refractivity contribution in [3.63, 3.8) is 0 Å². The Morgan fingerprint density at radius 3 is 2.82 bits per heavy atom. The number of hydrogen-bond donors (Lipinski definition) is 2. The molecule has 17 heavy (non-hydrogen) atoms. The molecule has 1 aromatic carbocycles. The summed E-state index contributed by atoms with van der Waals surface area (Å²) in [4.78, 5) is 14.0. The van der Waals surface area contributed by atoms with Crippen molar-refractivity contribution >= 4 is 17.3 Å². The maximum absolute atomic E-state index is 12.2. The summed E-state index contributed by atoms with van der Waals surface area (Å²) < 4.78 is 5.31. The summed E-state index contributed by atoms with van der Waals surface area (Å²) in [5, 5.41) is 0. The van der Waals surface area contributed by atoms with Gasteiger partial charge in [-0.25, -0.2) is 0 Å². The zero-order chi connectivity index (χ0) is 12.3. The lowest BCUT2D eigenvalue weighted by Crippen LogP contribution is -2.33. The van der Waals surface area contributed by atoms with Crippen LogP contribution in [0.3, 0.4) is 0 Å². The van der Waals surface area contributed by atoms with Crippen molar-refractivity contribution in [2.75, 3.05) is 37.8 Å². The molecule has 2 rings (SSSR count). The molecular weight excluding hydrogens is 218 g/mol. The number of ether oxygens (including phenoxy) is 1. The van der Waals surface area contributed by atoms with Gasteiger partial charge in [-0.15, -0.1) is 0 Å². The molecule has 1 aliphatic heterocycles. The maximum atomic E-state index is 12.2. The van der Waals surface area contributed by atoms with Crippen molar-refractivity contribution in [1.82, 2.24) is 4.90 Å². The summed E-state index contributed by atoms with van der Waals surface area (Å²) in [6, 6.07) is 4.98. The Morgan fingerprint density at radius 2 is 2.06 bits per heavy atom. The van der Waals surface area contributed by atoms with Crippen molar-refractivity contribution in [2.45, 2.75) is 6.42 Å². The van der Waals surface area contributed by atoms with Gasteiger partial charge < -0.3 is 21.1 Å². The molecule has 1 heterocycles. The largest absolute Gasteiger partial charge is 0.399 e. The van der Waals surface area contributed by atoms with Crippen LogP contribution in [0.2, 0.25) is 0 Å². The molecule has 0 unspecified atom stereocenters. The van der Waals surface area contributed by atoms with E-state index in [-0.39, 0.29) is 5.91 Å². The molecule has 1 aromatic rings. The first-order valence-corrected chi connectivity index (χ1v) is 5.70. The minimum absolute atomic E-state index is 0.0481. The zero-order valence-corrected chi connectivity index (χ0v) is 9.69. The molecule has 0 aliphatic carbocycles. The number of benzene rings is 1. The van der Waals surface area contributed by atoms with Gasteiger partial charge in [0.05, 0.1) is 12.2 Å². The Balaban J connectivity index is 2.17. The summed E-state index contributed by atoms with van der Waals surface area (Å²) in [5.41, 5.74) is 12.9. The lowest BCUT2D eigenvalue weighted by atomic mass is 10.1. The molecule has 0 radical (unpaired) electrons. The maximum Gasteiger partial charge on any atom is 0.256 e. The second-order valence-corrected chi connectivity index (χ2v) is 4.10. The van der Waals surface area contributed by atoms with Gasteiger partial charge in [0, 0.05) is 31.1 Å². The number of anilines is 2. The minimum Gasteiger partial charge on any atom is -0.399 e. The lowest BCUT2D eigenvalue weighted by Gasteiger charge is -2.20. The summed E-state index contributed by atoms with van der Waals surface area (Å²) in [7, 11) is 0. The van der Waals surface area contributed by atoms with Gasteiger partial charge >= 0.3 is 0 Å². The third-order valence-corrected chi connectivity index (χ3v) is 2.82. The van der Waals surface area contributed by atoms with E-state index in [1.807, 2.05) is 0 Å². The molecule has 0 atom stereocenters. The van der Waals surface area contributed by atoms with Gasteiger partial charge in [-0.3, -0.25) is 4.79 Å². The normalized spacial score (nSPS) is 16.6. The van der Waals surface area contributed by atoms with E-state index in [4.69, 9.17) is 16.2 Å². The first-order chi connectivity index (χ1) is 8.18. The average Bonchev–Trinajstić information content (AvgIpc) is 2.56. The molecule has 92 valence electrons. The van der Waals surface area contributed by atoms with Gasteiger partial charge in [0.15, 0.2) is 0 Å². The Bertz CT molecular complexity index is 412. The molecule has 1 saturated heterocycles. The molecule has 1 amide bonds. The van der Waals surface area contributed by atoms with Crippen molar-refractivity contribution in [3.8, 4) is 0 Å². The highest BCUT2D eigenvalue weighted by Gasteiger charge is 2.19. The van der Waals surface area contributed by atoms with Gasteiger partial charge in [0.2, 0.25) is 0 Å². The summed E-state index contributed by atoms with van der Waals surface area (Å²) in [6.45, 7) is 2.62. The van der Waals surface area contributed by atoms with Crippen LogP contribution in [0.25, 0.3) is 0 Å². The highest BCUT2D eigenvalue weighted by Crippen LogP contribution is 2.18. The van der Waals surface area contributed by atoms with Crippen LogP contribution in [0.4, 0.5) is 11.4 Å². The monoisotopic (exact) mass is 235 g/mol. The molecule has 0 aromatic heterocycles. The third kappa shape index (κ3) is 2.68. The van der Waals surface area contributed by atoms with Gasteiger partial charge in [0.1, 0.15) is 0 Å². The molecule has 1 aliphatic rings. The van der Waals surface area contributed by atoms with E-state index in [0.717, 1.165) is 6.42 Å². The van der Waals surface area contributed by atoms with Crippen LogP contribution in [-0.2, 0) is 4.74 Å². The van der Waals surface area contributed by atoms with Gasteiger partial charge in [-0.05, 0) is 24.6 Å². The summed E-state index contributed by atoms with van der Waals surface area (Å²) in [6.07, 6.45) is 0.862. The fourth-order valence-electron chi connectivity index (χ4n) is 1.90. The van der Waals surface area contributed by atoms with Crippen LogP contribution < -0.4 is 11.5 Å². The van der Waals surface area contributed by atoms with Gasteiger partial charge in [-0.2, -0.15) is 0 Å². The highest BCUT2D eigenvalue weighted by atomic mass is 16.5. The molecule has 1 fully saturated rings. The topological polar surface area (TPSA) is 81.6 Å². The first kappa shape index (κ1) is 11.7. The first-order valence-electron chi connectivity index (χ1n) is 5.70. The summed E-state index contributed by atoms with van der Waals surface area (Å²) in [5.74, 6) is -0.0481. The smallest absolute Gasteiger partial charge is 0.256 e. The Labute approximate surface area is 100 Å². The number of rotatable bonds is 1. The van der Waals surface area contributed by atoms with E-state index in [0.29, 0.717) is 43.2 Å². The highest BCUT2D eigenvalue weighted by molar-refractivity contribution is 5.99. The quantitative estimate of drug-likeness (QED) is 0.702. The van der Waals surface area contributed by atoms with Crippen LogP contribution in [-0.4, -0.2) is 37.1 Å². The Morgan fingerprint density at radius 1 is 1.24 bits per heavy atom. The molecule has 0 saturated carbocycles. The number of nitrogen functional groups attached to an aromatic ring is 2. The van der Waals surface area contributed by atoms with Crippen molar-refractivity contribution in [3.05, 3.63) is 23.8 Å². The van der Waals surface area contributed by atoms with Gasteiger partial charge in [0.25, 0.3) is 5.91 Å². The fourth-order valence-corrected chi connectivity index (χ4v) is 1.90. The number of nitrogens with zero attached hydrogens (tertiary/aromatic N) is 1. The SMILES string of the molecule is Nc1ccc(C(=O)N2CCCOCC2)c(N)c1. The molecule has 0 spiro atoms. The molecule has 5 nitrogen and oxygen atoms in total. The number of nitrogens with two attached hydrogens (primary N) is 2. The second-order valence-electron chi connectivity index (χ2n) is 4.10. The van der Waals surface area contributed by atoms with Crippen LogP contribution in [0.5, 0.6) is 0 Å². The number of amides is 1. The molecule has 4 N–H and O–H groups in total. The van der Waals surface area contributed by atoms with E-state index in [1.165, 1.54) is 0 Å². The van der Waals surface area contributed by atoms with Crippen LogP contribution in [0, 0.1) is 0 Å². The standard InChI is InChI=1S/C12H17N3O2/c13-9-2-3-10(11(14)8-9)12(16)15-4-1-6-17-7-5-15/h2-3,8H,1,4-7,13-14H2. The number of carbonyl (C=O) groups is 1. The van der Waals surface area contributed by atoms with E-state index in [2.05, 4.69) is 0 Å². The van der Waals surface area contributed by atoms with Crippen molar-refractivity contribution in [1.29, 1.82) is 0 Å². The number of hydrogen-bond acceptors (Lipinski definition) is 4. The minimum atomic E-state index is -0.0481. The predicted molar refractivity (Wildman–Crippen MR) is 66.6 cm³/mol. The third-order valence-electron chi connectivity index (χ3n) is 2.82. The van der Waals surface area contributed by atoms with Gasteiger partial charge in [-0.1, -0.05) is 0 Å². The van der Waals surface area contributed by atoms with Crippen molar-refractivity contribution < 1.29 is 9.53 Å². The van der Waals surface area contributed by atoms with Crippen LogP contribution >= 0.6 is 0 Å². The van der Waals surface area contributed by atoms with Crippen LogP contribution in [0.15, 0.2) is 18.2 Å². The molecular formula is C12H17N3O2. The zero-order valence-electron chi connectivity index (χ0n) is 9.69. The van der Waals surface area contributed by atoms with E-state index >= 15 is 0 Å². The van der Waals surface area contributed by atoms with Crippen LogP contribution in [0.1, 0.15) is 16.8 Å². The average molecular weight is 235 g/mol. The Kier molecular flexibility index (Phi) is 3.49. The molecule has 5 heteroatoms.